The summed E-state index contributed by atoms with van der Waals surface area (Å²) in [6.07, 6.45) is 2.43. The maximum absolute atomic E-state index is 9.44. The lowest BCUT2D eigenvalue weighted by Crippen LogP contribution is -2.37. The SMILES string of the molecule is OC[C@@H](NC1CCSCC1)c1ccccc1. The largest absolute Gasteiger partial charge is 0.394 e. The van der Waals surface area contributed by atoms with Crippen LogP contribution in [0.3, 0.4) is 0 Å². The van der Waals surface area contributed by atoms with Gasteiger partial charge in [-0.2, -0.15) is 11.8 Å². The third kappa shape index (κ3) is 3.24. The van der Waals surface area contributed by atoms with Gasteiger partial charge in [-0.05, 0) is 29.9 Å². The second kappa shape index (κ2) is 6.28. The van der Waals surface area contributed by atoms with Crippen LogP contribution < -0.4 is 5.32 Å². The minimum absolute atomic E-state index is 0.0919. The first-order valence-electron chi connectivity index (χ1n) is 5.90. The number of thioether (sulfide) groups is 1. The van der Waals surface area contributed by atoms with Crippen LogP contribution in [0.5, 0.6) is 0 Å². The summed E-state index contributed by atoms with van der Waals surface area (Å²) in [5.41, 5.74) is 1.18. The van der Waals surface area contributed by atoms with Crippen molar-refractivity contribution < 1.29 is 5.11 Å². The predicted molar refractivity (Wildman–Crippen MR) is 69.8 cm³/mol. The zero-order chi connectivity index (χ0) is 11.2. The number of hydrogen-bond donors (Lipinski definition) is 2. The van der Waals surface area contributed by atoms with Crippen molar-refractivity contribution in [1.82, 2.24) is 5.32 Å². The molecular weight excluding hydrogens is 218 g/mol. The van der Waals surface area contributed by atoms with Crippen LogP contribution in [-0.4, -0.2) is 29.3 Å². The van der Waals surface area contributed by atoms with E-state index in [0.717, 1.165) is 0 Å². The minimum Gasteiger partial charge on any atom is -0.394 e. The second-order valence-corrected chi connectivity index (χ2v) is 5.42. The number of rotatable bonds is 4. The highest BCUT2D eigenvalue weighted by Gasteiger charge is 2.18. The van der Waals surface area contributed by atoms with E-state index < -0.39 is 0 Å². The minimum atomic E-state index is 0.0919. The van der Waals surface area contributed by atoms with Crippen molar-refractivity contribution >= 4 is 11.8 Å². The summed E-state index contributed by atoms with van der Waals surface area (Å²) < 4.78 is 0. The van der Waals surface area contributed by atoms with Crippen molar-refractivity contribution in [2.75, 3.05) is 18.1 Å². The van der Waals surface area contributed by atoms with E-state index in [1.807, 2.05) is 30.0 Å². The van der Waals surface area contributed by atoms with E-state index in [2.05, 4.69) is 17.4 Å². The van der Waals surface area contributed by atoms with E-state index in [1.165, 1.54) is 29.9 Å². The van der Waals surface area contributed by atoms with E-state index in [1.54, 1.807) is 0 Å². The van der Waals surface area contributed by atoms with Gasteiger partial charge in [0.05, 0.1) is 12.6 Å². The van der Waals surface area contributed by atoms with Crippen molar-refractivity contribution in [2.24, 2.45) is 0 Å². The Kier molecular flexibility index (Phi) is 4.69. The molecule has 1 fully saturated rings. The van der Waals surface area contributed by atoms with E-state index in [0.29, 0.717) is 6.04 Å². The van der Waals surface area contributed by atoms with Gasteiger partial charge < -0.3 is 10.4 Å². The number of hydrogen-bond acceptors (Lipinski definition) is 3. The molecule has 0 bridgehead atoms. The summed E-state index contributed by atoms with van der Waals surface area (Å²) in [4.78, 5) is 0. The van der Waals surface area contributed by atoms with E-state index in [4.69, 9.17) is 0 Å². The summed E-state index contributed by atoms with van der Waals surface area (Å²) in [6, 6.07) is 10.9. The molecule has 1 saturated heterocycles. The highest BCUT2D eigenvalue weighted by atomic mass is 32.2. The molecule has 1 atom stereocenters. The maximum atomic E-state index is 9.44. The molecule has 2 rings (SSSR count). The third-order valence-corrected chi connectivity index (χ3v) is 4.09. The molecule has 2 nitrogen and oxygen atoms in total. The van der Waals surface area contributed by atoms with Gasteiger partial charge in [0, 0.05) is 6.04 Å². The normalized spacial score (nSPS) is 19.6. The van der Waals surface area contributed by atoms with E-state index in [-0.39, 0.29) is 12.6 Å². The highest BCUT2D eigenvalue weighted by Crippen LogP contribution is 2.20. The second-order valence-electron chi connectivity index (χ2n) is 4.20. The van der Waals surface area contributed by atoms with E-state index >= 15 is 0 Å². The molecule has 1 aromatic carbocycles. The van der Waals surface area contributed by atoms with Gasteiger partial charge in [-0.1, -0.05) is 30.3 Å². The lowest BCUT2D eigenvalue weighted by atomic mass is 10.0. The van der Waals surface area contributed by atoms with Crippen molar-refractivity contribution in [3.63, 3.8) is 0 Å². The van der Waals surface area contributed by atoms with E-state index in [9.17, 15) is 5.11 Å². The van der Waals surface area contributed by atoms with Crippen LogP contribution in [0.25, 0.3) is 0 Å². The van der Waals surface area contributed by atoms with Crippen molar-refractivity contribution in [3.05, 3.63) is 35.9 Å². The highest BCUT2D eigenvalue weighted by molar-refractivity contribution is 7.99. The molecular formula is C13H19NOS. The smallest absolute Gasteiger partial charge is 0.0626 e. The van der Waals surface area contributed by atoms with Gasteiger partial charge in [-0.3, -0.25) is 0 Å². The van der Waals surface area contributed by atoms with Crippen LogP contribution in [0.4, 0.5) is 0 Å². The van der Waals surface area contributed by atoms with Gasteiger partial charge in [-0.15, -0.1) is 0 Å². The summed E-state index contributed by atoms with van der Waals surface area (Å²) in [5, 5.41) is 13.0. The van der Waals surface area contributed by atoms with Crippen LogP contribution in [0.1, 0.15) is 24.4 Å². The molecule has 0 saturated carbocycles. The fraction of sp³-hybridized carbons (Fsp3) is 0.538. The molecule has 0 spiro atoms. The molecule has 0 aliphatic carbocycles. The Hall–Kier alpha value is -0.510. The van der Waals surface area contributed by atoms with Gasteiger partial charge >= 0.3 is 0 Å². The average Bonchev–Trinajstić information content (AvgIpc) is 2.38. The molecule has 3 heteroatoms. The zero-order valence-corrected chi connectivity index (χ0v) is 10.2. The fourth-order valence-electron chi connectivity index (χ4n) is 2.09. The number of nitrogens with one attached hydrogen (secondary N) is 1. The fourth-order valence-corrected chi connectivity index (χ4v) is 3.19. The van der Waals surface area contributed by atoms with Crippen molar-refractivity contribution in [1.29, 1.82) is 0 Å². The Balaban J connectivity index is 1.94. The van der Waals surface area contributed by atoms with Gasteiger partial charge in [0.15, 0.2) is 0 Å². The summed E-state index contributed by atoms with van der Waals surface area (Å²) in [5.74, 6) is 2.48. The predicted octanol–water partition coefficient (Wildman–Crippen LogP) is 2.21. The van der Waals surface area contributed by atoms with Crippen LogP contribution in [-0.2, 0) is 0 Å². The Morgan fingerprint density at radius 3 is 2.56 bits per heavy atom. The Bertz CT molecular complexity index is 298. The topological polar surface area (TPSA) is 32.3 Å². The molecule has 1 aromatic rings. The Morgan fingerprint density at radius 2 is 1.94 bits per heavy atom. The molecule has 0 aromatic heterocycles. The molecule has 0 amide bonds. The molecule has 1 heterocycles. The first kappa shape index (κ1) is 12.0. The maximum Gasteiger partial charge on any atom is 0.0626 e. The number of aliphatic hydroxyl groups excluding tert-OH is 1. The van der Waals surface area contributed by atoms with Gasteiger partial charge in [0.1, 0.15) is 0 Å². The first-order valence-corrected chi connectivity index (χ1v) is 7.05. The Labute approximate surface area is 101 Å². The standard InChI is InChI=1S/C13H19NOS/c15-10-13(11-4-2-1-3-5-11)14-12-6-8-16-9-7-12/h1-5,12-15H,6-10H2/t13-/m1/s1. The average molecular weight is 237 g/mol. The summed E-state index contributed by atoms with van der Waals surface area (Å²) in [7, 11) is 0. The van der Waals surface area contributed by atoms with Crippen LogP contribution in [0.15, 0.2) is 30.3 Å². The molecule has 88 valence electrons. The van der Waals surface area contributed by atoms with Gasteiger partial charge in [0.2, 0.25) is 0 Å². The molecule has 2 N–H and O–H groups in total. The van der Waals surface area contributed by atoms with Gasteiger partial charge in [-0.25, -0.2) is 0 Å². The number of benzene rings is 1. The third-order valence-electron chi connectivity index (χ3n) is 3.04. The first-order chi connectivity index (χ1) is 7.90. The molecule has 0 radical (unpaired) electrons. The summed E-state index contributed by atoms with van der Waals surface area (Å²) in [6.45, 7) is 0.174. The molecule has 1 aliphatic rings. The van der Waals surface area contributed by atoms with Crippen LogP contribution in [0, 0.1) is 0 Å². The quantitative estimate of drug-likeness (QED) is 0.842. The molecule has 0 unspecified atom stereocenters. The summed E-state index contributed by atoms with van der Waals surface area (Å²) >= 11 is 2.03. The zero-order valence-electron chi connectivity index (χ0n) is 9.43. The van der Waals surface area contributed by atoms with Crippen LogP contribution in [0.2, 0.25) is 0 Å². The van der Waals surface area contributed by atoms with Crippen LogP contribution >= 0.6 is 11.8 Å². The van der Waals surface area contributed by atoms with Crippen molar-refractivity contribution in [2.45, 2.75) is 24.9 Å². The lowest BCUT2D eigenvalue weighted by molar-refractivity contribution is 0.230. The molecule has 16 heavy (non-hydrogen) atoms. The van der Waals surface area contributed by atoms with Crippen molar-refractivity contribution in [3.8, 4) is 0 Å². The molecule has 1 aliphatic heterocycles. The number of aliphatic hydroxyl groups is 1. The Morgan fingerprint density at radius 1 is 1.25 bits per heavy atom. The lowest BCUT2D eigenvalue weighted by Gasteiger charge is -2.27. The monoisotopic (exact) mass is 237 g/mol. The van der Waals surface area contributed by atoms with Gasteiger partial charge in [0.25, 0.3) is 0 Å².